The molecule has 90 valence electrons. The number of aliphatic hydroxyl groups is 1. The highest BCUT2D eigenvalue weighted by Crippen LogP contribution is 2.39. The maximum absolute atomic E-state index is 11.7. The molecule has 1 aliphatic carbocycles. The average molecular weight is 232 g/mol. The molecule has 1 unspecified atom stereocenters. The molecule has 4 heteroatoms. The molecule has 1 fully saturated rings. The lowest BCUT2D eigenvalue weighted by Crippen LogP contribution is -2.24. The van der Waals surface area contributed by atoms with Crippen LogP contribution in [0.3, 0.4) is 0 Å². The van der Waals surface area contributed by atoms with E-state index in [-0.39, 0.29) is 5.91 Å². The molecule has 1 heterocycles. The Kier molecular flexibility index (Phi) is 2.16. The van der Waals surface area contributed by atoms with Crippen molar-refractivity contribution in [2.45, 2.75) is 25.0 Å². The normalized spacial score (nSPS) is 22.9. The van der Waals surface area contributed by atoms with Crippen LogP contribution in [0, 0.1) is 0 Å². The molecule has 3 rings (SSSR count). The van der Waals surface area contributed by atoms with Crippen LogP contribution in [0.2, 0.25) is 0 Å². The van der Waals surface area contributed by atoms with Crippen LogP contribution in [0.1, 0.15) is 24.5 Å². The van der Waals surface area contributed by atoms with Crippen molar-refractivity contribution in [1.82, 2.24) is 0 Å². The Morgan fingerprint density at radius 3 is 2.76 bits per heavy atom. The van der Waals surface area contributed by atoms with Crippen LogP contribution >= 0.6 is 0 Å². The molecular weight excluding hydrogens is 216 g/mol. The van der Waals surface area contributed by atoms with E-state index in [9.17, 15) is 9.90 Å². The summed E-state index contributed by atoms with van der Waals surface area (Å²) in [5.74, 6) is -0.244. The molecule has 17 heavy (non-hydrogen) atoms. The number of aliphatic hydroxyl groups excluding tert-OH is 1. The maximum Gasteiger partial charge on any atom is 0.260 e. The molecule has 0 saturated heterocycles. The van der Waals surface area contributed by atoms with Gasteiger partial charge in [0.25, 0.3) is 5.91 Å². The molecule has 1 atom stereocenters. The first-order chi connectivity index (χ1) is 8.09. The number of fused-ring (bicyclic) bond motifs is 1. The first-order valence-corrected chi connectivity index (χ1v) is 5.92. The van der Waals surface area contributed by atoms with Crippen molar-refractivity contribution in [1.29, 1.82) is 0 Å². The van der Waals surface area contributed by atoms with E-state index in [1.165, 1.54) is 17.7 Å². The van der Waals surface area contributed by atoms with Gasteiger partial charge in [-0.15, -0.1) is 0 Å². The Bertz CT molecular complexity index is 482. The van der Waals surface area contributed by atoms with E-state index in [1.807, 2.05) is 18.2 Å². The summed E-state index contributed by atoms with van der Waals surface area (Å²) in [5, 5.41) is 9.77. The molecule has 0 bridgehead atoms. The second-order valence-corrected chi connectivity index (χ2v) is 4.88. The third kappa shape index (κ3) is 1.52. The summed E-state index contributed by atoms with van der Waals surface area (Å²) in [6, 6.07) is 6.46. The van der Waals surface area contributed by atoms with Crippen molar-refractivity contribution in [3.05, 3.63) is 23.8 Å². The van der Waals surface area contributed by atoms with E-state index in [4.69, 9.17) is 0 Å². The smallest absolute Gasteiger partial charge is 0.260 e. The fraction of sp³-hybridized carbons (Fsp3) is 0.462. The number of amides is 1. The third-order valence-corrected chi connectivity index (χ3v) is 3.74. The van der Waals surface area contributed by atoms with Gasteiger partial charge in [-0.1, -0.05) is 6.07 Å². The van der Waals surface area contributed by atoms with Gasteiger partial charge in [-0.2, -0.15) is 0 Å². The Hall–Kier alpha value is -1.55. The molecule has 0 spiro atoms. The molecule has 1 aromatic rings. The summed E-state index contributed by atoms with van der Waals surface area (Å²) in [6.07, 6.45) is 1.49. The van der Waals surface area contributed by atoms with Gasteiger partial charge in [-0.05, 0) is 25.0 Å². The van der Waals surface area contributed by atoms with Gasteiger partial charge in [0.05, 0.1) is 5.69 Å². The Morgan fingerprint density at radius 1 is 1.41 bits per heavy atom. The molecule has 1 N–H and O–H groups in total. The zero-order valence-corrected chi connectivity index (χ0v) is 10.1. The SMILES string of the molecule is CN1C(=O)C(O)c2ccc(N(C)C3CC3)cc21. The number of hydrogen-bond acceptors (Lipinski definition) is 3. The van der Waals surface area contributed by atoms with Crippen LogP contribution in [0.4, 0.5) is 11.4 Å². The molecule has 0 aromatic heterocycles. The first kappa shape index (κ1) is 10.6. The quantitative estimate of drug-likeness (QED) is 0.835. The van der Waals surface area contributed by atoms with Gasteiger partial charge in [-0.25, -0.2) is 0 Å². The van der Waals surface area contributed by atoms with Crippen LogP contribution in [0.15, 0.2) is 18.2 Å². The van der Waals surface area contributed by atoms with Crippen LogP contribution < -0.4 is 9.80 Å². The van der Waals surface area contributed by atoms with E-state index in [2.05, 4.69) is 11.9 Å². The van der Waals surface area contributed by atoms with Crippen molar-refractivity contribution in [2.24, 2.45) is 0 Å². The van der Waals surface area contributed by atoms with Crippen molar-refractivity contribution in [2.75, 3.05) is 23.9 Å². The van der Waals surface area contributed by atoms with Crippen molar-refractivity contribution >= 4 is 17.3 Å². The monoisotopic (exact) mass is 232 g/mol. The van der Waals surface area contributed by atoms with Crippen molar-refractivity contribution in [3.63, 3.8) is 0 Å². The van der Waals surface area contributed by atoms with E-state index >= 15 is 0 Å². The minimum atomic E-state index is -0.990. The maximum atomic E-state index is 11.7. The molecule has 1 amide bonds. The van der Waals surface area contributed by atoms with E-state index < -0.39 is 6.10 Å². The average Bonchev–Trinajstić information content (AvgIpc) is 3.15. The third-order valence-electron chi connectivity index (χ3n) is 3.74. The number of rotatable bonds is 2. The topological polar surface area (TPSA) is 43.8 Å². The van der Waals surface area contributed by atoms with Crippen LogP contribution in [-0.4, -0.2) is 31.2 Å². The summed E-state index contributed by atoms with van der Waals surface area (Å²) in [7, 11) is 3.78. The highest BCUT2D eigenvalue weighted by atomic mass is 16.3. The van der Waals surface area contributed by atoms with Gasteiger partial charge < -0.3 is 14.9 Å². The number of carbonyl (C=O) groups is 1. The number of carbonyl (C=O) groups excluding carboxylic acids is 1. The number of hydrogen-bond donors (Lipinski definition) is 1. The molecule has 1 aliphatic heterocycles. The predicted octanol–water partition coefficient (Wildman–Crippen LogP) is 1.30. The summed E-state index contributed by atoms with van der Waals surface area (Å²) >= 11 is 0. The highest BCUT2D eigenvalue weighted by Gasteiger charge is 2.34. The molecule has 1 aromatic carbocycles. The molecule has 4 nitrogen and oxygen atoms in total. The fourth-order valence-electron chi connectivity index (χ4n) is 2.38. The number of benzene rings is 1. The van der Waals surface area contributed by atoms with Gasteiger partial charge in [0.2, 0.25) is 0 Å². The summed E-state index contributed by atoms with van der Waals surface area (Å²) < 4.78 is 0. The number of nitrogens with zero attached hydrogens (tertiary/aromatic N) is 2. The minimum absolute atomic E-state index is 0.244. The second-order valence-electron chi connectivity index (χ2n) is 4.88. The summed E-state index contributed by atoms with van der Waals surface area (Å²) in [4.78, 5) is 15.4. The Balaban J connectivity index is 1.99. The lowest BCUT2D eigenvalue weighted by molar-refractivity contribution is -0.125. The Labute approximate surface area is 100 Å². The van der Waals surface area contributed by atoms with Gasteiger partial charge in [0, 0.05) is 31.4 Å². The molecule has 0 radical (unpaired) electrons. The second kappa shape index (κ2) is 3.47. The summed E-state index contributed by atoms with van der Waals surface area (Å²) in [5.41, 5.74) is 2.65. The van der Waals surface area contributed by atoms with E-state index in [0.29, 0.717) is 11.6 Å². The minimum Gasteiger partial charge on any atom is -0.378 e. The van der Waals surface area contributed by atoms with Crippen LogP contribution in [0.25, 0.3) is 0 Å². The van der Waals surface area contributed by atoms with Gasteiger partial charge in [0.15, 0.2) is 6.10 Å². The largest absolute Gasteiger partial charge is 0.378 e. The van der Waals surface area contributed by atoms with Crippen LogP contribution in [-0.2, 0) is 4.79 Å². The van der Waals surface area contributed by atoms with E-state index in [1.54, 1.807) is 7.05 Å². The van der Waals surface area contributed by atoms with Gasteiger partial charge in [0.1, 0.15) is 0 Å². The summed E-state index contributed by atoms with van der Waals surface area (Å²) in [6.45, 7) is 0. The van der Waals surface area contributed by atoms with Gasteiger partial charge in [-0.3, -0.25) is 4.79 Å². The van der Waals surface area contributed by atoms with Gasteiger partial charge >= 0.3 is 0 Å². The van der Waals surface area contributed by atoms with Crippen molar-refractivity contribution < 1.29 is 9.90 Å². The number of likely N-dealkylation sites (N-methyl/N-ethyl adjacent to an activating group) is 1. The van der Waals surface area contributed by atoms with Crippen LogP contribution in [0.5, 0.6) is 0 Å². The Morgan fingerprint density at radius 2 is 2.12 bits per heavy atom. The fourth-order valence-corrected chi connectivity index (χ4v) is 2.38. The molecular formula is C13H16N2O2. The lowest BCUT2D eigenvalue weighted by Gasteiger charge is -2.20. The lowest BCUT2D eigenvalue weighted by atomic mass is 10.1. The highest BCUT2D eigenvalue weighted by molar-refractivity contribution is 6.03. The molecule has 2 aliphatic rings. The number of anilines is 2. The zero-order valence-electron chi connectivity index (χ0n) is 10.1. The predicted molar refractivity (Wildman–Crippen MR) is 66.2 cm³/mol. The molecule has 1 saturated carbocycles. The standard InChI is InChI=1S/C13H16N2O2/c1-14(8-3-4-8)9-5-6-10-11(7-9)15(2)13(17)12(10)16/h5-8,12,16H,3-4H2,1-2H3. The van der Waals surface area contributed by atoms with Crippen molar-refractivity contribution in [3.8, 4) is 0 Å². The zero-order chi connectivity index (χ0) is 12.2. The van der Waals surface area contributed by atoms with E-state index in [0.717, 1.165) is 11.4 Å². The first-order valence-electron chi connectivity index (χ1n) is 5.92.